The summed E-state index contributed by atoms with van der Waals surface area (Å²) >= 11 is 13.9. The summed E-state index contributed by atoms with van der Waals surface area (Å²) in [6.45, 7) is 0.710. The smallest absolute Gasteiger partial charge is 0.316 e. The van der Waals surface area contributed by atoms with Gasteiger partial charge in [-0.2, -0.15) is 11.8 Å². The van der Waals surface area contributed by atoms with Gasteiger partial charge >= 0.3 is 5.97 Å². The van der Waals surface area contributed by atoms with Gasteiger partial charge in [-0.15, -0.1) is 82.3 Å². The number of rotatable bonds is 29. The Labute approximate surface area is 261 Å². The SMILES string of the molecule is O=C(CSCSCCS(=O)CSCSCSC(=O)CSCSCCOOCSCCO)OCSCCO. The summed E-state index contributed by atoms with van der Waals surface area (Å²) in [5.41, 5.74) is 0. The van der Waals surface area contributed by atoms with Gasteiger partial charge in [0.1, 0.15) is 11.9 Å². The van der Waals surface area contributed by atoms with E-state index in [1.54, 1.807) is 58.8 Å². The standard InChI is InChI=1S/C19H36O8S10/c20-1-4-28-11-25-18(22)9-32-14-31-7-8-37(24)17-35-15-34-16-36-19(23)10-33-13-30-6-3-26-27-12-29-5-2-21/h20-21H,1-17H2. The predicted octanol–water partition coefficient (Wildman–Crippen LogP) is 4.04. The molecule has 0 radical (unpaired) electrons. The molecule has 0 aromatic carbocycles. The van der Waals surface area contributed by atoms with Crippen molar-refractivity contribution in [3.63, 3.8) is 0 Å². The number of aliphatic hydroxyl groups excluding tert-OH is 2. The highest BCUT2D eigenvalue weighted by Gasteiger charge is 2.06. The summed E-state index contributed by atoms with van der Waals surface area (Å²) in [6, 6.07) is 0. The minimum absolute atomic E-state index is 0.0786. The molecule has 0 heterocycles. The van der Waals surface area contributed by atoms with E-state index < -0.39 is 10.8 Å². The molecule has 1 unspecified atom stereocenters. The van der Waals surface area contributed by atoms with Crippen molar-refractivity contribution in [2.75, 3.05) is 97.4 Å². The van der Waals surface area contributed by atoms with E-state index in [4.69, 9.17) is 24.7 Å². The third-order valence-electron chi connectivity index (χ3n) is 3.21. The van der Waals surface area contributed by atoms with Crippen molar-refractivity contribution >= 4 is 128 Å². The molecule has 220 valence electrons. The molecule has 0 aliphatic carbocycles. The molecule has 0 aromatic heterocycles. The highest BCUT2D eigenvalue weighted by molar-refractivity contribution is 8.29. The molecule has 0 bridgehead atoms. The molecular formula is C19H36O8S10. The molecule has 18 heteroatoms. The van der Waals surface area contributed by atoms with Crippen LogP contribution in [0.5, 0.6) is 0 Å². The van der Waals surface area contributed by atoms with Crippen LogP contribution in [0, 0.1) is 0 Å². The molecule has 37 heavy (non-hydrogen) atoms. The average molecular weight is 713 g/mol. The van der Waals surface area contributed by atoms with Gasteiger partial charge in [0.25, 0.3) is 0 Å². The summed E-state index contributed by atoms with van der Waals surface area (Å²) in [7, 11) is -0.868. The van der Waals surface area contributed by atoms with Gasteiger partial charge in [-0.05, 0) is 0 Å². The van der Waals surface area contributed by atoms with Crippen molar-refractivity contribution in [1.82, 2.24) is 0 Å². The van der Waals surface area contributed by atoms with Crippen molar-refractivity contribution < 1.29 is 38.5 Å². The first-order chi connectivity index (χ1) is 18.1. The molecule has 0 aliphatic heterocycles. The molecule has 0 fully saturated rings. The Morgan fingerprint density at radius 2 is 1.35 bits per heavy atom. The van der Waals surface area contributed by atoms with Gasteiger partial charge in [-0.1, -0.05) is 11.8 Å². The molecule has 0 aliphatic rings. The van der Waals surface area contributed by atoms with Gasteiger partial charge in [0.15, 0.2) is 5.12 Å². The van der Waals surface area contributed by atoms with Gasteiger partial charge in [0.05, 0.1) is 36.4 Å². The molecule has 0 amide bonds. The van der Waals surface area contributed by atoms with E-state index in [2.05, 4.69) is 0 Å². The summed E-state index contributed by atoms with van der Waals surface area (Å²) in [4.78, 5) is 33.4. The number of esters is 1. The van der Waals surface area contributed by atoms with Crippen LogP contribution in [0.2, 0.25) is 0 Å². The third-order valence-corrected chi connectivity index (χ3v) is 15.0. The molecule has 0 rings (SSSR count). The Morgan fingerprint density at radius 1 is 0.676 bits per heavy atom. The van der Waals surface area contributed by atoms with E-state index in [0.717, 1.165) is 26.8 Å². The Bertz CT molecular complexity index is 565. The van der Waals surface area contributed by atoms with Crippen LogP contribution < -0.4 is 0 Å². The number of thioether (sulfide) groups is 9. The molecule has 0 spiro atoms. The second kappa shape index (κ2) is 32.8. The van der Waals surface area contributed by atoms with E-state index in [1.165, 1.54) is 47.0 Å². The molecular weight excluding hydrogens is 677 g/mol. The average Bonchev–Trinajstić information content (AvgIpc) is 2.89. The first-order valence-electron chi connectivity index (χ1n) is 10.8. The zero-order chi connectivity index (χ0) is 27.2. The minimum atomic E-state index is -0.868. The lowest BCUT2D eigenvalue weighted by Crippen LogP contribution is -2.08. The topological polar surface area (TPSA) is 119 Å². The molecule has 8 nitrogen and oxygen atoms in total. The minimum Gasteiger partial charge on any atom is -0.454 e. The lowest BCUT2D eigenvalue weighted by Gasteiger charge is -2.05. The van der Waals surface area contributed by atoms with Crippen LogP contribution in [0.15, 0.2) is 0 Å². The molecule has 1 atom stereocenters. The van der Waals surface area contributed by atoms with Crippen molar-refractivity contribution in [3.05, 3.63) is 0 Å². The quantitative estimate of drug-likeness (QED) is 0.0381. The van der Waals surface area contributed by atoms with Crippen molar-refractivity contribution in [2.24, 2.45) is 0 Å². The van der Waals surface area contributed by atoms with Crippen molar-refractivity contribution in [1.29, 1.82) is 0 Å². The van der Waals surface area contributed by atoms with Crippen molar-refractivity contribution in [2.45, 2.75) is 0 Å². The van der Waals surface area contributed by atoms with Gasteiger partial charge in [-0.3, -0.25) is 13.8 Å². The maximum atomic E-state index is 12.1. The maximum absolute atomic E-state index is 12.1. The number of aliphatic hydroxyl groups is 2. The largest absolute Gasteiger partial charge is 0.454 e. The zero-order valence-corrected chi connectivity index (χ0v) is 28.6. The van der Waals surface area contributed by atoms with Crippen LogP contribution in [-0.2, 0) is 34.9 Å². The van der Waals surface area contributed by atoms with Crippen LogP contribution >= 0.6 is 106 Å². The number of hydrogen-bond acceptors (Lipinski definition) is 17. The van der Waals surface area contributed by atoms with E-state index in [0.29, 0.717) is 51.5 Å². The Hall–Kier alpha value is 2.28. The summed E-state index contributed by atoms with van der Waals surface area (Å²) in [5, 5.41) is 21.2. The van der Waals surface area contributed by atoms with Crippen LogP contribution in [-0.4, -0.2) is 123 Å². The number of carbonyl (C=O) groups is 2. The number of ether oxygens (including phenoxy) is 1. The van der Waals surface area contributed by atoms with Crippen LogP contribution in [0.1, 0.15) is 0 Å². The second-order valence-electron chi connectivity index (χ2n) is 6.13. The van der Waals surface area contributed by atoms with E-state index in [1.807, 2.05) is 0 Å². The molecule has 0 saturated carbocycles. The highest BCUT2D eigenvalue weighted by atomic mass is 32.3. The van der Waals surface area contributed by atoms with Gasteiger partial charge in [0.2, 0.25) is 0 Å². The fraction of sp³-hybridized carbons (Fsp3) is 0.895. The van der Waals surface area contributed by atoms with Crippen LogP contribution in [0.3, 0.4) is 0 Å². The van der Waals surface area contributed by atoms with Gasteiger partial charge < -0.3 is 14.9 Å². The predicted molar refractivity (Wildman–Crippen MR) is 177 cm³/mol. The Balaban J connectivity index is 3.34. The van der Waals surface area contributed by atoms with E-state index >= 15 is 0 Å². The number of hydrogen-bond donors (Lipinski definition) is 2. The lowest BCUT2D eigenvalue weighted by molar-refractivity contribution is -0.274. The first-order valence-corrected chi connectivity index (χ1v) is 22.6. The first kappa shape index (κ1) is 39.3. The lowest BCUT2D eigenvalue weighted by atomic mass is 10.8. The summed E-state index contributed by atoms with van der Waals surface area (Å²) in [5.74, 6) is 4.66. The normalized spacial score (nSPS) is 12.1. The van der Waals surface area contributed by atoms with Gasteiger partial charge in [0, 0.05) is 59.9 Å². The maximum Gasteiger partial charge on any atom is 0.316 e. The summed E-state index contributed by atoms with van der Waals surface area (Å²) < 4.78 is 17.1. The number of carbonyl (C=O) groups excluding carboxylic acids is 2. The van der Waals surface area contributed by atoms with Crippen molar-refractivity contribution in [3.8, 4) is 0 Å². The molecule has 0 saturated heterocycles. The van der Waals surface area contributed by atoms with E-state index in [-0.39, 0.29) is 30.2 Å². The van der Waals surface area contributed by atoms with Gasteiger partial charge in [-0.25, -0.2) is 9.78 Å². The third kappa shape index (κ3) is 32.7. The van der Waals surface area contributed by atoms with E-state index in [9.17, 15) is 13.8 Å². The summed E-state index contributed by atoms with van der Waals surface area (Å²) in [6.07, 6.45) is 0. The Kier molecular flexibility index (Phi) is 34.8. The fourth-order valence-electron chi connectivity index (χ4n) is 1.68. The molecule has 0 aromatic rings. The highest BCUT2D eigenvalue weighted by Crippen LogP contribution is 2.21. The monoisotopic (exact) mass is 712 g/mol. The molecule has 2 N–H and O–H groups in total. The van der Waals surface area contributed by atoms with Crippen LogP contribution in [0.25, 0.3) is 0 Å². The second-order valence-corrected chi connectivity index (χ2v) is 18.8. The fourth-order valence-corrected chi connectivity index (χ4v) is 11.8. The van der Waals surface area contributed by atoms with Crippen LogP contribution in [0.4, 0.5) is 0 Å². The Morgan fingerprint density at radius 3 is 2.11 bits per heavy atom. The zero-order valence-electron chi connectivity index (χ0n) is 20.4.